The van der Waals surface area contributed by atoms with Crippen molar-refractivity contribution < 1.29 is 42.1 Å². The minimum atomic E-state index is -4.22. The molecule has 0 spiro atoms. The Hall–Kier alpha value is -3.37. The number of methoxy groups -OCH3 is 1. The highest BCUT2D eigenvalue weighted by atomic mass is 32.2. The van der Waals surface area contributed by atoms with Gasteiger partial charge >= 0.3 is 6.09 Å². The second-order valence-corrected chi connectivity index (χ2v) is 14.5. The molecule has 2 fully saturated rings. The Morgan fingerprint density at radius 3 is 2.73 bits per heavy atom. The molecule has 5 unspecified atom stereocenters. The second-order valence-electron chi connectivity index (χ2n) is 12.6. The van der Waals surface area contributed by atoms with Gasteiger partial charge in [-0.3, -0.25) is 4.79 Å². The quantitative estimate of drug-likeness (QED) is 0.152. The number of rotatable bonds is 16. The Labute approximate surface area is 282 Å². The number of amides is 2. The van der Waals surface area contributed by atoms with Crippen molar-refractivity contribution >= 4 is 33.3 Å². The van der Waals surface area contributed by atoms with Crippen molar-refractivity contribution in [1.29, 1.82) is 0 Å². The van der Waals surface area contributed by atoms with E-state index in [0.29, 0.717) is 43.1 Å². The lowest BCUT2D eigenvalue weighted by atomic mass is 10.0. The predicted octanol–water partition coefficient (Wildman–Crippen LogP) is 2.36. The maximum atomic E-state index is 14.5. The highest BCUT2D eigenvalue weighted by Gasteiger charge is 2.44. The lowest BCUT2D eigenvalue weighted by Crippen LogP contribution is -2.53. The maximum Gasteiger partial charge on any atom is 0.407 e. The molecule has 4 N–H and O–H groups in total. The number of hydrogen-bond acceptors (Lipinski definition) is 10. The number of sulfonamides is 1. The lowest BCUT2D eigenvalue weighted by Gasteiger charge is -2.35. The van der Waals surface area contributed by atoms with Crippen LogP contribution in [0.3, 0.4) is 0 Å². The van der Waals surface area contributed by atoms with Gasteiger partial charge in [0.25, 0.3) is 5.91 Å². The summed E-state index contributed by atoms with van der Waals surface area (Å²) in [6, 6.07) is 12.9. The first-order valence-corrected chi connectivity index (χ1v) is 17.8. The number of aliphatic hydroxyl groups is 1. The Balaban J connectivity index is 1.38. The van der Waals surface area contributed by atoms with E-state index >= 15 is 0 Å². The minimum absolute atomic E-state index is 0.0103. The van der Waals surface area contributed by atoms with Gasteiger partial charge in [-0.1, -0.05) is 50.3 Å². The van der Waals surface area contributed by atoms with Crippen molar-refractivity contribution in [3.05, 3.63) is 65.7 Å². The number of carbonyl (C=O) groups excluding carboxylic acids is 2. The summed E-state index contributed by atoms with van der Waals surface area (Å²) in [5.41, 5.74) is 2.19. The third-order valence-electron chi connectivity index (χ3n) is 8.66. The van der Waals surface area contributed by atoms with E-state index in [4.69, 9.17) is 18.9 Å². The number of ether oxygens (including phenoxy) is 4. The highest BCUT2D eigenvalue weighted by Crippen LogP contribution is 2.35. The Morgan fingerprint density at radius 2 is 1.98 bits per heavy atom. The normalized spacial score (nSPS) is 22.5. The average Bonchev–Trinajstić information content (AvgIpc) is 3.77. The van der Waals surface area contributed by atoms with Crippen LogP contribution in [-0.2, 0) is 40.2 Å². The molecule has 13 nitrogen and oxygen atoms in total. The molecule has 0 aromatic heterocycles. The largest absolute Gasteiger partial charge is 0.443 e. The van der Waals surface area contributed by atoms with Crippen LogP contribution < -0.4 is 16.0 Å². The first kappa shape index (κ1) is 35.9. The van der Waals surface area contributed by atoms with Gasteiger partial charge in [0.05, 0.1) is 42.8 Å². The number of nitrogens with zero attached hydrogens (tertiary/aromatic N) is 1. The van der Waals surface area contributed by atoms with Crippen molar-refractivity contribution in [3.8, 4) is 0 Å². The zero-order chi connectivity index (χ0) is 34.3. The van der Waals surface area contributed by atoms with Crippen molar-refractivity contribution in [1.82, 2.24) is 14.9 Å². The van der Waals surface area contributed by atoms with Crippen molar-refractivity contribution in [2.45, 2.75) is 56.1 Å². The third kappa shape index (κ3) is 8.61. The van der Waals surface area contributed by atoms with Crippen molar-refractivity contribution in [2.75, 3.05) is 58.4 Å². The van der Waals surface area contributed by atoms with Gasteiger partial charge in [0.2, 0.25) is 10.0 Å². The van der Waals surface area contributed by atoms with E-state index in [9.17, 15) is 23.1 Å². The summed E-state index contributed by atoms with van der Waals surface area (Å²) in [4.78, 5) is 25.6. The van der Waals surface area contributed by atoms with Gasteiger partial charge in [-0.05, 0) is 42.5 Å². The van der Waals surface area contributed by atoms with Gasteiger partial charge in [0.15, 0.2) is 6.29 Å². The molecular weight excluding hydrogens is 640 g/mol. The van der Waals surface area contributed by atoms with Gasteiger partial charge in [0, 0.05) is 50.1 Å². The van der Waals surface area contributed by atoms with E-state index < -0.39 is 34.4 Å². The smallest absolute Gasteiger partial charge is 0.407 e. The monoisotopic (exact) mass is 686 g/mol. The summed E-state index contributed by atoms with van der Waals surface area (Å²) in [6.45, 7) is 5.92. The van der Waals surface area contributed by atoms with Crippen LogP contribution in [0.15, 0.2) is 59.5 Å². The van der Waals surface area contributed by atoms with Gasteiger partial charge in [-0.15, -0.1) is 0 Å². The molecule has 0 bridgehead atoms. The molecule has 262 valence electrons. The number of anilines is 1. The summed E-state index contributed by atoms with van der Waals surface area (Å²) in [7, 11) is -2.62. The number of nitrogens with one attached hydrogen (secondary N) is 3. The van der Waals surface area contributed by atoms with Gasteiger partial charge in [0.1, 0.15) is 6.10 Å². The van der Waals surface area contributed by atoms with E-state index in [0.717, 1.165) is 12.0 Å². The SMILES string of the molecule is COCCNCC=C1C(=O)Nc2ccc(S(=O)(=O)N(CC(C)C)C(Cc3ccccc3)C(O)CNC(=O)OC3COC4OCCC34)cc21. The van der Waals surface area contributed by atoms with E-state index in [1.165, 1.54) is 16.4 Å². The molecule has 5 atom stereocenters. The fourth-order valence-electron chi connectivity index (χ4n) is 6.22. The van der Waals surface area contributed by atoms with Crippen LogP contribution in [0, 0.1) is 11.8 Å². The second kappa shape index (κ2) is 16.4. The standard InChI is InChI=1S/C34H46N4O9S/c1-22(2)20-38(48(42,43)24-9-10-28-27(18-24)25(32(40)37-28)11-13-35-14-16-44-3)29(17-23-7-5-4-6-8-23)30(39)19-36-34(41)47-31-21-46-33-26(31)12-15-45-33/h4-11,18,22,26,29-31,33,35,39H,12-17,19-21H2,1-3H3,(H,36,41)(H,37,40). The molecule has 48 heavy (non-hydrogen) atoms. The van der Waals surface area contributed by atoms with E-state index in [-0.39, 0.29) is 55.0 Å². The van der Waals surface area contributed by atoms with E-state index in [2.05, 4.69) is 16.0 Å². The van der Waals surface area contributed by atoms with Crippen LogP contribution in [0.1, 0.15) is 31.4 Å². The average molecular weight is 687 g/mol. The molecule has 0 saturated carbocycles. The molecule has 3 heterocycles. The summed E-state index contributed by atoms with van der Waals surface area (Å²) < 4.78 is 52.1. The number of benzene rings is 2. The lowest BCUT2D eigenvalue weighted by molar-refractivity contribution is -0.110. The number of fused-ring (bicyclic) bond motifs is 2. The van der Waals surface area contributed by atoms with Crippen LogP contribution in [0.5, 0.6) is 0 Å². The first-order valence-electron chi connectivity index (χ1n) is 16.4. The maximum absolute atomic E-state index is 14.5. The molecule has 5 rings (SSSR count). The molecular formula is C34H46N4O9S. The Kier molecular flexibility index (Phi) is 12.2. The van der Waals surface area contributed by atoms with Crippen LogP contribution in [0.25, 0.3) is 5.57 Å². The molecule has 2 aromatic rings. The highest BCUT2D eigenvalue weighted by molar-refractivity contribution is 7.89. The molecule has 14 heteroatoms. The number of alkyl carbamates (subject to hydrolysis) is 1. The molecule has 0 aliphatic carbocycles. The van der Waals surface area contributed by atoms with E-state index in [1.807, 2.05) is 44.2 Å². The summed E-state index contributed by atoms with van der Waals surface area (Å²) >= 11 is 0. The van der Waals surface area contributed by atoms with E-state index in [1.54, 1.807) is 19.3 Å². The van der Waals surface area contributed by atoms with Crippen molar-refractivity contribution in [2.24, 2.45) is 11.8 Å². The predicted molar refractivity (Wildman–Crippen MR) is 179 cm³/mol. The van der Waals surface area contributed by atoms with Crippen LogP contribution in [0.4, 0.5) is 10.5 Å². The summed E-state index contributed by atoms with van der Waals surface area (Å²) in [5.74, 6) is -0.459. The molecule has 2 saturated heterocycles. The van der Waals surface area contributed by atoms with Gasteiger partial charge in [-0.2, -0.15) is 4.31 Å². The fraction of sp³-hybridized carbons (Fsp3) is 0.529. The topological polar surface area (TPSA) is 165 Å². The zero-order valence-electron chi connectivity index (χ0n) is 27.6. The Bertz CT molecular complexity index is 1550. The molecule has 3 aliphatic heterocycles. The summed E-state index contributed by atoms with van der Waals surface area (Å²) in [6.07, 6.45) is -0.222. The molecule has 2 amide bonds. The first-order chi connectivity index (χ1) is 23.1. The summed E-state index contributed by atoms with van der Waals surface area (Å²) in [5, 5.41) is 20.2. The van der Waals surface area contributed by atoms with Crippen LogP contribution >= 0.6 is 0 Å². The van der Waals surface area contributed by atoms with Gasteiger partial charge in [-0.25, -0.2) is 13.2 Å². The number of carbonyl (C=O) groups is 2. The Morgan fingerprint density at radius 1 is 1.19 bits per heavy atom. The molecule has 0 radical (unpaired) electrons. The molecule has 3 aliphatic rings. The van der Waals surface area contributed by atoms with Gasteiger partial charge < -0.3 is 40.0 Å². The third-order valence-corrected chi connectivity index (χ3v) is 10.5. The van der Waals surface area contributed by atoms with Crippen molar-refractivity contribution in [3.63, 3.8) is 0 Å². The van der Waals surface area contributed by atoms with Crippen LogP contribution in [-0.4, -0.2) is 107 Å². The molecule has 2 aromatic carbocycles. The number of aliphatic hydroxyl groups excluding tert-OH is 1. The zero-order valence-corrected chi connectivity index (χ0v) is 28.4. The number of hydrogen-bond donors (Lipinski definition) is 4. The van der Waals surface area contributed by atoms with Crippen LogP contribution in [0.2, 0.25) is 0 Å². The minimum Gasteiger partial charge on any atom is -0.443 e. The fourth-order valence-corrected chi connectivity index (χ4v) is 8.07.